The Kier molecular flexibility index (Phi) is 3.44. The lowest BCUT2D eigenvalue weighted by atomic mass is 9.91. The fourth-order valence-electron chi connectivity index (χ4n) is 2.96. The molecule has 1 fully saturated rings. The maximum Gasteiger partial charge on any atom is 0.265 e. The molecule has 1 heterocycles. The molecule has 0 bridgehead atoms. The first-order valence-electron chi connectivity index (χ1n) is 7.00. The van der Waals surface area contributed by atoms with Crippen LogP contribution in [0.5, 0.6) is 5.75 Å². The van der Waals surface area contributed by atoms with E-state index >= 15 is 0 Å². The number of benzene rings is 1. The highest BCUT2D eigenvalue weighted by Crippen LogP contribution is 2.27. The van der Waals surface area contributed by atoms with Crippen LogP contribution in [-0.4, -0.2) is 22.7 Å². The summed E-state index contributed by atoms with van der Waals surface area (Å²) in [5.41, 5.74) is 6.58. The van der Waals surface area contributed by atoms with Gasteiger partial charge in [-0.25, -0.2) is 4.98 Å². The fourth-order valence-corrected chi connectivity index (χ4v) is 2.96. The molecule has 1 aliphatic rings. The monoisotopic (exact) mass is 273 g/mol. The van der Waals surface area contributed by atoms with Crippen molar-refractivity contribution in [2.24, 2.45) is 5.73 Å². The number of methoxy groups -OCH3 is 1. The Morgan fingerprint density at radius 1 is 1.30 bits per heavy atom. The predicted octanol–water partition coefficient (Wildman–Crippen LogP) is 1.85. The molecular weight excluding hydrogens is 254 g/mol. The van der Waals surface area contributed by atoms with E-state index in [0.29, 0.717) is 16.7 Å². The summed E-state index contributed by atoms with van der Waals surface area (Å²) in [5, 5.41) is 0.562. The van der Waals surface area contributed by atoms with Gasteiger partial charge in [-0.05, 0) is 37.8 Å². The molecule has 2 N–H and O–H groups in total. The van der Waals surface area contributed by atoms with Gasteiger partial charge in [-0.2, -0.15) is 0 Å². The van der Waals surface area contributed by atoms with Crippen molar-refractivity contribution in [1.29, 1.82) is 0 Å². The lowest BCUT2D eigenvalue weighted by molar-refractivity contribution is 0.316. The van der Waals surface area contributed by atoms with Crippen molar-refractivity contribution in [3.05, 3.63) is 34.9 Å². The summed E-state index contributed by atoms with van der Waals surface area (Å²) < 4.78 is 7.04. The molecule has 1 aliphatic carbocycles. The maximum atomic E-state index is 12.7. The van der Waals surface area contributed by atoms with Crippen LogP contribution in [0, 0.1) is 0 Å². The topological polar surface area (TPSA) is 70.1 Å². The van der Waals surface area contributed by atoms with Crippen LogP contribution in [0.3, 0.4) is 0 Å². The van der Waals surface area contributed by atoms with Gasteiger partial charge >= 0.3 is 0 Å². The SMILES string of the molecule is COc1cccc2ncn(C3CCC(N)CC3)c(=O)c12. The minimum atomic E-state index is -0.0204. The zero-order chi connectivity index (χ0) is 14.1. The largest absolute Gasteiger partial charge is 0.496 e. The highest BCUT2D eigenvalue weighted by atomic mass is 16.5. The first-order chi connectivity index (χ1) is 9.70. The van der Waals surface area contributed by atoms with Crippen molar-refractivity contribution in [1.82, 2.24) is 9.55 Å². The minimum absolute atomic E-state index is 0.0204. The molecule has 0 aliphatic heterocycles. The number of aromatic nitrogens is 2. The van der Waals surface area contributed by atoms with Crippen molar-refractivity contribution >= 4 is 10.9 Å². The normalized spacial score (nSPS) is 22.9. The molecule has 1 saturated carbocycles. The van der Waals surface area contributed by atoms with E-state index in [1.165, 1.54) is 0 Å². The molecule has 2 aromatic rings. The lowest BCUT2D eigenvalue weighted by Crippen LogP contribution is -2.32. The zero-order valence-corrected chi connectivity index (χ0v) is 11.6. The summed E-state index contributed by atoms with van der Waals surface area (Å²) in [5.74, 6) is 0.585. The van der Waals surface area contributed by atoms with Gasteiger partial charge in [0.15, 0.2) is 0 Å². The summed E-state index contributed by atoms with van der Waals surface area (Å²) in [6.45, 7) is 0. The van der Waals surface area contributed by atoms with Gasteiger partial charge in [-0.15, -0.1) is 0 Å². The van der Waals surface area contributed by atoms with Gasteiger partial charge in [-0.1, -0.05) is 6.07 Å². The predicted molar refractivity (Wildman–Crippen MR) is 78.0 cm³/mol. The minimum Gasteiger partial charge on any atom is -0.496 e. The summed E-state index contributed by atoms with van der Waals surface area (Å²) in [6, 6.07) is 5.94. The molecule has 0 spiro atoms. The van der Waals surface area contributed by atoms with E-state index in [2.05, 4.69) is 4.98 Å². The Morgan fingerprint density at radius 3 is 2.75 bits per heavy atom. The quantitative estimate of drug-likeness (QED) is 0.906. The van der Waals surface area contributed by atoms with Crippen molar-refractivity contribution in [2.45, 2.75) is 37.8 Å². The number of fused-ring (bicyclic) bond motifs is 1. The second-order valence-electron chi connectivity index (χ2n) is 5.38. The van der Waals surface area contributed by atoms with E-state index in [-0.39, 0.29) is 17.6 Å². The Hall–Kier alpha value is -1.88. The van der Waals surface area contributed by atoms with Gasteiger partial charge in [0.2, 0.25) is 0 Å². The van der Waals surface area contributed by atoms with Crippen molar-refractivity contribution in [3.63, 3.8) is 0 Å². The molecule has 3 rings (SSSR count). The fraction of sp³-hybridized carbons (Fsp3) is 0.467. The standard InChI is InChI=1S/C15H19N3O2/c1-20-13-4-2-3-12-14(13)15(19)18(9-17-12)11-7-5-10(16)6-8-11/h2-4,9-11H,5-8,16H2,1H3. The molecule has 5 heteroatoms. The number of nitrogens with two attached hydrogens (primary N) is 1. The third-order valence-electron chi connectivity index (χ3n) is 4.13. The van der Waals surface area contributed by atoms with Gasteiger partial charge < -0.3 is 10.5 Å². The molecule has 0 radical (unpaired) electrons. The summed E-state index contributed by atoms with van der Waals surface area (Å²) in [4.78, 5) is 17.1. The van der Waals surface area contributed by atoms with Crippen LogP contribution in [0.4, 0.5) is 0 Å². The van der Waals surface area contributed by atoms with Crippen LogP contribution in [0.15, 0.2) is 29.3 Å². The van der Waals surface area contributed by atoms with E-state index < -0.39 is 0 Å². The molecule has 0 unspecified atom stereocenters. The molecule has 0 saturated heterocycles. The van der Waals surface area contributed by atoms with Gasteiger partial charge in [0.05, 0.1) is 19.0 Å². The Bertz CT molecular complexity index is 672. The second kappa shape index (κ2) is 5.25. The summed E-state index contributed by atoms with van der Waals surface area (Å²) in [7, 11) is 1.57. The second-order valence-corrected chi connectivity index (χ2v) is 5.38. The molecule has 5 nitrogen and oxygen atoms in total. The highest BCUT2D eigenvalue weighted by Gasteiger charge is 2.22. The van der Waals surface area contributed by atoms with E-state index in [9.17, 15) is 4.79 Å². The van der Waals surface area contributed by atoms with Crippen molar-refractivity contribution < 1.29 is 4.74 Å². The number of nitrogens with zero attached hydrogens (tertiary/aromatic N) is 2. The number of hydrogen-bond donors (Lipinski definition) is 1. The lowest BCUT2D eigenvalue weighted by Gasteiger charge is -2.27. The Morgan fingerprint density at radius 2 is 2.05 bits per heavy atom. The van der Waals surface area contributed by atoms with E-state index in [0.717, 1.165) is 25.7 Å². The van der Waals surface area contributed by atoms with Crippen LogP contribution < -0.4 is 16.0 Å². The van der Waals surface area contributed by atoms with Gasteiger partial charge in [-0.3, -0.25) is 9.36 Å². The number of ether oxygens (including phenoxy) is 1. The Labute approximate surface area is 117 Å². The van der Waals surface area contributed by atoms with Gasteiger partial charge in [0, 0.05) is 12.1 Å². The molecule has 20 heavy (non-hydrogen) atoms. The summed E-state index contributed by atoms with van der Waals surface area (Å²) >= 11 is 0. The average molecular weight is 273 g/mol. The van der Waals surface area contributed by atoms with E-state index in [1.54, 1.807) is 24.1 Å². The molecule has 106 valence electrons. The zero-order valence-electron chi connectivity index (χ0n) is 11.6. The number of hydrogen-bond acceptors (Lipinski definition) is 4. The van der Waals surface area contributed by atoms with E-state index in [4.69, 9.17) is 10.5 Å². The van der Waals surface area contributed by atoms with Crippen LogP contribution in [0.2, 0.25) is 0 Å². The smallest absolute Gasteiger partial charge is 0.265 e. The van der Waals surface area contributed by atoms with Crippen molar-refractivity contribution in [3.8, 4) is 5.75 Å². The number of rotatable bonds is 2. The first-order valence-corrected chi connectivity index (χ1v) is 7.00. The third-order valence-corrected chi connectivity index (χ3v) is 4.13. The van der Waals surface area contributed by atoms with Gasteiger partial charge in [0.25, 0.3) is 5.56 Å². The van der Waals surface area contributed by atoms with Crippen LogP contribution >= 0.6 is 0 Å². The summed E-state index contributed by atoms with van der Waals surface area (Å²) in [6.07, 6.45) is 5.45. The van der Waals surface area contributed by atoms with Crippen molar-refractivity contribution in [2.75, 3.05) is 7.11 Å². The van der Waals surface area contributed by atoms with Crippen LogP contribution in [0.1, 0.15) is 31.7 Å². The molecule has 1 aromatic carbocycles. The van der Waals surface area contributed by atoms with Crippen LogP contribution in [-0.2, 0) is 0 Å². The van der Waals surface area contributed by atoms with E-state index in [1.807, 2.05) is 12.1 Å². The molecular formula is C15H19N3O2. The highest BCUT2D eigenvalue weighted by molar-refractivity contribution is 5.83. The first kappa shape index (κ1) is 13.1. The average Bonchev–Trinajstić information content (AvgIpc) is 2.48. The Balaban J connectivity index is 2.09. The molecule has 1 aromatic heterocycles. The van der Waals surface area contributed by atoms with Gasteiger partial charge in [0.1, 0.15) is 11.1 Å². The van der Waals surface area contributed by atoms with Crippen LogP contribution in [0.25, 0.3) is 10.9 Å². The molecule has 0 atom stereocenters. The maximum absolute atomic E-state index is 12.7. The third kappa shape index (κ3) is 2.18. The molecule has 0 amide bonds.